The normalized spacial score (nSPS) is 10.6. The maximum Gasteiger partial charge on any atom is 0.323 e. The number of rotatable bonds is 3. The van der Waals surface area contributed by atoms with E-state index in [1.807, 2.05) is 0 Å². The van der Waals surface area contributed by atoms with E-state index in [4.69, 9.17) is 5.11 Å². The van der Waals surface area contributed by atoms with Gasteiger partial charge in [0.15, 0.2) is 0 Å². The number of hydrogen-bond acceptors (Lipinski definition) is 3. The van der Waals surface area contributed by atoms with Crippen LogP contribution in [-0.2, 0) is 11.3 Å². The van der Waals surface area contributed by atoms with Crippen LogP contribution in [0.3, 0.4) is 0 Å². The van der Waals surface area contributed by atoms with Crippen molar-refractivity contribution in [3.63, 3.8) is 0 Å². The van der Waals surface area contributed by atoms with Crippen LogP contribution in [0.4, 0.5) is 8.78 Å². The Morgan fingerprint density at radius 2 is 2.42 bits per heavy atom. The van der Waals surface area contributed by atoms with Crippen LogP contribution in [0.15, 0.2) is 6.33 Å². The quantitative estimate of drug-likeness (QED) is 0.720. The first-order valence-corrected chi connectivity index (χ1v) is 2.99. The van der Waals surface area contributed by atoms with Crippen molar-refractivity contribution in [3.8, 4) is 0 Å². The van der Waals surface area contributed by atoms with E-state index >= 15 is 0 Å². The molecule has 66 valence electrons. The summed E-state index contributed by atoms with van der Waals surface area (Å²) < 4.78 is 24.8. The Morgan fingerprint density at radius 1 is 1.75 bits per heavy atom. The van der Waals surface area contributed by atoms with E-state index < -0.39 is 24.8 Å². The van der Waals surface area contributed by atoms with Gasteiger partial charge >= 0.3 is 5.97 Å². The Labute approximate surface area is 65.6 Å². The summed E-state index contributed by atoms with van der Waals surface area (Å²) in [5.41, 5.74) is 0. The molecular weight excluding hydrogens is 172 g/mol. The summed E-state index contributed by atoms with van der Waals surface area (Å²) in [6.45, 7) is -0.549. The van der Waals surface area contributed by atoms with Crippen molar-refractivity contribution < 1.29 is 18.7 Å². The molecular formula is C5H5F2N3O2. The monoisotopic (exact) mass is 177 g/mol. The van der Waals surface area contributed by atoms with Gasteiger partial charge in [0.25, 0.3) is 6.43 Å². The molecule has 0 radical (unpaired) electrons. The van der Waals surface area contributed by atoms with E-state index in [0.717, 1.165) is 10.9 Å². The zero-order valence-electron chi connectivity index (χ0n) is 5.81. The van der Waals surface area contributed by atoms with E-state index in [2.05, 4.69) is 10.2 Å². The third kappa shape index (κ3) is 1.74. The number of aromatic nitrogens is 3. The van der Waals surface area contributed by atoms with Gasteiger partial charge in [0, 0.05) is 0 Å². The predicted molar refractivity (Wildman–Crippen MR) is 32.6 cm³/mol. The minimum absolute atomic E-state index is 0.549. The Hall–Kier alpha value is -1.53. The molecule has 0 aliphatic rings. The molecule has 0 saturated carbocycles. The molecule has 0 amide bonds. The molecule has 1 heterocycles. The number of carboxylic acid groups (broad SMARTS) is 1. The molecule has 0 saturated heterocycles. The zero-order valence-corrected chi connectivity index (χ0v) is 5.81. The first kappa shape index (κ1) is 8.57. The van der Waals surface area contributed by atoms with E-state index in [-0.39, 0.29) is 0 Å². The fraction of sp³-hybridized carbons (Fsp3) is 0.400. The fourth-order valence-electron chi connectivity index (χ4n) is 0.700. The van der Waals surface area contributed by atoms with Gasteiger partial charge in [-0.2, -0.15) is 0 Å². The van der Waals surface area contributed by atoms with Crippen molar-refractivity contribution in [1.29, 1.82) is 0 Å². The Bertz CT molecular complexity index is 286. The van der Waals surface area contributed by atoms with Gasteiger partial charge < -0.3 is 9.67 Å². The second-order valence-electron chi connectivity index (χ2n) is 2.01. The average molecular weight is 177 g/mol. The largest absolute Gasteiger partial charge is 0.480 e. The highest BCUT2D eigenvalue weighted by Crippen LogP contribution is 2.14. The minimum atomic E-state index is -2.80. The summed E-state index contributed by atoms with van der Waals surface area (Å²) in [5, 5.41) is 14.5. The number of carbonyl (C=O) groups is 1. The number of carboxylic acids is 1. The standard InChI is InChI=1S/C5H5F2N3O2/c6-4(7)5-9-8-2-10(5)1-3(11)12/h2,4H,1H2,(H,11,12). The van der Waals surface area contributed by atoms with Gasteiger partial charge in [-0.3, -0.25) is 4.79 Å². The smallest absolute Gasteiger partial charge is 0.323 e. The summed E-state index contributed by atoms with van der Waals surface area (Å²) in [6.07, 6.45) is -1.85. The van der Waals surface area contributed by atoms with Crippen LogP contribution in [0.5, 0.6) is 0 Å². The molecule has 1 aromatic rings. The van der Waals surface area contributed by atoms with Crippen molar-refractivity contribution in [2.45, 2.75) is 13.0 Å². The molecule has 0 aliphatic carbocycles. The Balaban J connectivity index is 2.84. The van der Waals surface area contributed by atoms with E-state index in [0.29, 0.717) is 0 Å². The summed E-state index contributed by atoms with van der Waals surface area (Å²) >= 11 is 0. The van der Waals surface area contributed by atoms with Crippen molar-refractivity contribution in [2.75, 3.05) is 0 Å². The molecule has 0 aromatic carbocycles. The first-order chi connectivity index (χ1) is 5.61. The lowest BCUT2D eigenvalue weighted by Crippen LogP contribution is -2.11. The third-order valence-electron chi connectivity index (χ3n) is 1.15. The highest BCUT2D eigenvalue weighted by Gasteiger charge is 2.16. The maximum absolute atomic E-state index is 12.0. The van der Waals surface area contributed by atoms with Crippen LogP contribution in [-0.4, -0.2) is 25.8 Å². The predicted octanol–water partition coefficient (Wildman–Crippen LogP) is 0.300. The lowest BCUT2D eigenvalue weighted by molar-refractivity contribution is -0.137. The number of aliphatic carboxylic acids is 1. The Morgan fingerprint density at radius 3 is 2.92 bits per heavy atom. The molecule has 0 spiro atoms. The SMILES string of the molecule is O=C(O)Cn1cnnc1C(F)F. The minimum Gasteiger partial charge on any atom is -0.480 e. The number of alkyl halides is 2. The molecule has 1 rings (SSSR count). The number of halogens is 2. The molecule has 0 aliphatic heterocycles. The second kappa shape index (κ2) is 3.24. The van der Waals surface area contributed by atoms with Gasteiger partial charge in [-0.05, 0) is 0 Å². The summed E-state index contributed by atoms with van der Waals surface area (Å²) in [6, 6.07) is 0. The molecule has 5 nitrogen and oxygen atoms in total. The number of nitrogens with zero attached hydrogens (tertiary/aromatic N) is 3. The number of hydrogen-bond donors (Lipinski definition) is 1. The summed E-state index contributed by atoms with van der Waals surface area (Å²) in [4.78, 5) is 10.1. The van der Waals surface area contributed by atoms with Crippen molar-refractivity contribution in [1.82, 2.24) is 14.8 Å². The average Bonchev–Trinajstić information content (AvgIpc) is 2.33. The summed E-state index contributed by atoms with van der Waals surface area (Å²) in [7, 11) is 0. The van der Waals surface area contributed by atoms with E-state index in [9.17, 15) is 13.6 Å². The third-order valence-corrected chi connectivity index (χ3v) is 1.15. The van der Waals surface area contributed by atoms with Crippen LogP contribution in [0.1, 0.15) is 12.2 Å². The van der Waals surface area contributed by atoms with Crippen LogP contribution in [0, 0.1) is 0 Å². The molecule has 0 bridgehead atoms. The lowest BCUT2D eigenvalue weighted by Gasteiger charge is -2.00. The van der Waals surface area contributed by atoms with Gasteiger partial charge in [-0.25, -0.2) is 8.78 Å². The first-order valence-electron chi connectivity index (χ1n) is 2.99. The lowest BCUT2D eigenvalue weighted by atomic mass is 10.5. The molecule has 12 heavy (non-hydrogen) atoms. The van der Waals surface area contributed by atoms with Crippen molar-refractivity contribution in [3.05, 3.63) is 12.2 Å². The van der Waals surface area contributed by atoms with Gasteiger partial charge in [-0.1, -0.05) is 0 Å². The molecule has 0 atom stereocenters. The molecule has 1 aromatic heterocycles. The Kier molecular flexibility index (Phi) is 2.32. The van der Waals surface area contributed by atoms with Crippen molar-refractivity contribution in [2.24, 2.45) is 0 Å². The highest BCUT2D eigenvalue weighted by molar-refractivity contribution is 5.66. The van der Waals surface area contributed by atoms with Gasteiger partial charge in [0.2, 0.25) is 5.82 Å². The van der Waals surface area contributed by atoms with E-state index in [1.54, 1.807) is 0 Å². The molecule has 7 heteroatoms. The van der Waals surface area contributed by atoms with Gasteiger partial charge in [-0.15, -0.1) is 10.2 Å². The van der Waals surface area contributed by atoms with Crippen LogP contribution >= 0.6 is 0 Å². The summed E-state index contributed by atoms with van der Waals surface area (Å²) in [5.74, 6) is -1.84. The molecule has 1 N–H and O–H groups in total. The van der Waals surface area contributed by atoms with Gasteiger partial charge in [0.1, 0.15) is 12.9 Å². The highest BCUT2D eigenvalue weighted by atomic mass is 19.3. The van der Waals surface area contributed by atoms with Crippen LogP contribution < -0.4 is 0 Å². The zero-order chi connectivity index (χ0) is 9.14. The van der Waals surface area contributed by atoms with E-state index in [1.165, 1.54) is 0 Å². The fourth-order valence-corrected chi connectivity index (χ4v) is 0.700. The second-order valence-corrected chi connectivity index (χ2v) is 2.01. The van der Waals surface area contributed by atoms with Crippen LogP contribution in [0.2, 0.25) is 0 Å². The van der Waals surface area contributed by atoms with Crippen molar-refractivity contribution >= 4 is 5.97 Å². The molecule has 0 fully saturated rings. The van der Waals surface area contributed by atoms with Gasteiger partial charge in [0.05, 0.1) is 0 Å². The maximum atomic E-state index is 12.0. The molecule has 0 unspecified atom stereocenters. The van der Waals surface area contributed by atoms with Crippen LogP contribution in [0.25, 0.3) is 0 Å². The topological polar surface area (TPSA) is 68.0 Å².